The third-order valence-corrected chi connectivity index (χ3v) is 2.15. The number of furan rings is 1. The van der Waals surface area contributed by atoms with Crippen molar-refractivity contribution in [3.63, 3.8) is 0 Å². The van der Waals surface area contributed by atoms with Crippen molar-refractivity contribution in [2.75, 3.05) is 6.54 Å². The molecule has 0 bridgehead atoms. The molecule has 5 heteroatoms. The van der Waals surface area contributed by atoms with Crippen LogP contribution >= 0.6 is 0 Å². The van der Waals surface area contributed by atoms with Crippen molar-refractivity contribution in [3.8, 4) is 0 Å². The second kappa shape index (κ2) is 3.70. The van der Waals surface area contributed by atoms with Crippen LogP contribution in [0.5, 0.6) is 0 Å². The minimum atomic E-state index is -0.422. The van der Waals surface area contributed by atoms with Gasteiger partial charge in [0.15, 0.2) is 0 Å². The fourth-order valence-electron chi connectivity index (χ4n) is 1.46. The number of hydrogen-bond acceptors (Lipinski definition) is 4. The quantitative estimate of drug-likeness (QED) is 0.613. The molecule has 1 heterocycles. The molecule has 0 unspecified atom stereocenters. The number of benzene rings is 1. The predicted molar refractivity (Wildman–Crippen MR) is 55.6 cm³/mol. The van der Waals surface area contributed by atoms with Gasteiger partial charge in [-0.25, -0.2) is 0 Å². The van der Waals surface area contributed by atoms with E-state index in [-0.39, 0.29) is 5.69 Å². The molecule has 1 aromatic carbocycles. The molecule has 0 radical (unpaired) electrons. The van der Waals surface area contributed by atoms with Gasteiger partial charge in [-0.3, -0.25) is 10.1 Å². The molecule has 0 saturated carbocycles. The Bertz CT molecular complexity index is 504. The van der Waals surface area contributed by atoms with Crippen molar-refractivity contribution in [2.24, 2.45) is 5.73 Å². The highest BCUT2D eigenvalue weighted by molar-refractivity contribution is 5.80. The van der Waals surface area contributed by atoms with Gasteiger partial charge in [0.1, 0.15) is 11.3 Å². The first kappa shape index (κ1) is 9.67. The predicted octanol–water partition coefficient (Wildman–Crippen LogP) is 1.84. The number of nitrogens with two attached hydrogens (primary N) is 1. The van der Waals surface area contributed by atoms with E-state index in [2.05, 4.69) is 0 Å². The Hall–Kier alpha value is -1.88. The van der Waals surface area contributed by atoms with E-state index in [1.54, 1.807) is 12.1 Å². The maximum atomic E-state index is 10.5. The first-order valence-corrected chi connectivity index (χ1v) is 4.57. The first-order chi connectivity index (χ1) is 7.20. The third kappa shape index (κ3) is 1.82. The van der Waals surface area contributed by atoms with Crippen molar-refractivity contribution in [2.45, 2.75) is 6.42 Å². The van der Waals surface area contributed by atoms with Gasteiger partial charge in [0.2, 0.25) is 0 Å². The molecule has 0 atom stereocenters. The van der Waals surface area contributed by atoms with Gasteiger partial charge >= 0.3 is 0 Å². The second-order valence-corrected chi connectivity index (χ2v) is 3.23. The molecular formula is C10H10N2O3. The van der Waals surface area contributed by atoms with E-state index in [9.17, 15) is 10.1 Å². The van der Waals surface area contributed by atoms with E-state index < -0.39 is 4.92 Å². The van der Waals surface area contributed by atoms with Crippen molar-refractivity contribution < 1.29 is 9.34 Å². The number of hydrogen-bond donors (Lipinski definition) is 1. The molecule has 2 N–H and O–H groups in total. The van der Waals surface area contributed by atoms with E-state index >= 15 is 0 Å². The maximum Gasteiger partial charge on any atom is 0.270 e. The van der Waals surface area contributed by atoms with Gasteiger partial charge in [-0.1, -0.05) is 0 Å². The summed E-state index contributed by atoms with van der Waals surface area (Å²) < 4.78 is 5.44. The molecule has 0 amide bonds. The van der Waals surface area contributed by atoms with Crippen LogP contribution in [0.25, 0.3) is 11.0 Å². The highest BCUT2D eigenvalue weighted by atomic mass is 16.6. The lowest BCUT2D eigenvalue weighted by Gasteiger charge is -1.89. The average molecular weight is 206 g/mol. The molecule has 1 aromatic heterocycles. The number of nitro benzene ring substituents is 1. The molecule has 0 aliphatic carbocycles. The number of nitro groups is 1. The normalized spacial score (nSPS) is 10.7. The van der Waals surface area contributed by atoms with E-state index in [0.29, 0.717) is 18.5 Å². The zero-order chi connectivity index (χ0) is 10.8. The summed E-state index contributed by atoms with van der Waals surface area (Å²) in [5.41, 5.74) is 6.12. The molecule has 0 fully saturated rings. The lowest BCUT2D eigenvalue weighted by molar-refractivity contribution is -0.384. The van der Waals surface area contributed by atoms with Crippen LogP contribution < -0.4 is 5.73 Å². The number of nitrogens with zero attached hydrogens (tertiary/aromatic N) is 1. The Balaban J connectivity index is 2.47. The summed E-state index contributed by atoms with van der Waals surface area (Å²) in [5.74, 6) is 0.757. The van der Waals surface area contributed by atoms with E-state index in [4.69, 9.17) is 10.2 Å². The van der Waals surface area contributed by atoms with Crippen LogP contribution in [0.1, 0.15) is 5.76 Å². The van der Waals surface area contributed by atoms with Gasteiger partial charge in [-0.05, 0) is 18.7 Å². The summed E-state index contributed by atoms with van der Waals surface area (Å²) in [6.07, 6.45) is 0.641. The largest absolute Gasteiger partial charge is 0.461 e. The van der Waals surface area contributed by atoms with Crippen LogP contribution in [0.3, 0.4) is 0 Å². The number of fused-ring (bicyclic) bond motifs is 1. The highest BCUT2D eigenvalue weighted by Gasteiger charge is 2.09. The van der Waals surface area contributed by atoms with Crippen molar-refractivity contribution >= 4 is 16.7 Å². The van der Waals surface area contributed by atoms with Crippen molar-refractivity contribution in [1.29, 1.82) is 0 Å². The standard InChI is InChI=1S/C10H10N2O3/c11-4-3-9-6-7-5-8(12(13)14)1-2-10(7)15-9/h1-2,5-6H,3-4,11H2. The zero-order valence-electron chi connectivity index (χ0n) is 7.97. The van der Waals surface area contributed by atoms with Crippen LogP contribution in [0.15, 0.2) is 28.7 Å². The van der Waals surface area contributed by atoms with Gasteiger partial charge in [0.05, 0.1) is 4.92 Å². The fraction of sp³-hybridized carbons (Fsp3) is 0.200. The molecule has 78 valence electrons. The second-order valence-electron chi connectivity index (χ2n) is 3.23. The minimum Gasteiger partial charge on any atom is -0.461 e. The number of non-ortho nitro benzene ring substituents is 1. The van der Waals surface area contributed by atoms with Crippen LogP contribution in [0.2, 0.25) is 0 Å². The van der Waals surface area contributed by atoms with Crippen LogP contribution in [0, 0.1) is 10.1 Å². The molecule has 0 aliphatic heterocycles. The van der Waals surface area contributed by atoms with E-state index in [1.165, 1.54) is 12.1 Å². The highest BCUT2D eigenvalue weighted by Crippen LogP contribution is 2.24. The monoisotopic (exact) mass is 206 g/mol. The summed E-state index contributed by atoms with van der Waals surface area (Å²) >= 11 is 0. The number of rotatable bonds is 3. The summed E-state index contributed by atoms with van der Waals surface area (Å²) in [6.45, 7) is 0.502. The van der Waals surface area contributed by atoms with Gasteiger partial charge < -0.3 is 10.2 Å². The molecule has 0 saturated heterocycles. The Morgan fingerprint density at radius 1 is 1.40 bits per heavy atom. The third-order valence-electron chi connectivity index (χ3n) is 2.15. The van der Waals surface area contributed by atoms with Crippen molar-refractivity contribution in [1.82, 2.24) is 0 Å². The maximum absolute atomic E-state index is 10.5. The molecular weight excluding hydrogens is 196 g/mol. The minimum absolute atomic E-state index is 0.0719. The molecule has 0 spiro atoms. The lowest BCUT2D eigenvalue weighted by atomic mass is 10.2. The van der Waals surface area contributed by atoms with Gasteiger partial charge in [0, 0.05) is 23.9 Å². The van der Waals surface area contributed by atoms with E-state index in [0.717, 1.165) is 11.1 Å². The summed E-state index contributed by atoms with van der Waals surface area (Å²) in [4.78, 5) is 10.1. The topological polar surface area (TPSA) is 82.3 Å². The average Bonchev–Trinajstić information content (AvgIpc) is 2.59. The summed E-state index contributed by atoms with van der Waals surface area (Å²) in [5, 5.41) is 11.3. The van der Waals surface area contributed by atoms with Crippen LogP contribution in [0.4, 0.5) is 5.69 Å². The SMILES string of the molecule is NCCc1cc2cc([N+](=O)[O-])ccc2o1. The van der Waals surface area contributed by atoms with Crippen LogP contribution in [-0.2, 0) is 6.42 Å². The van der Waals surface area contributed by atoms with Gasteiger partial charge in [-0.15, -0.1) is 0 Å². The van der Waals surface area contributed by atoms with Gasteiger partial charge in [0.25, 0.3) is 5.69 Å². The smallest absolute Gasteiger partial charge is 0.270 e. The van der Waals surface area contributed by atoms with Gasteiger partial charge in [-0.2, -0.15) is 0 Å². The van der Waals surface area contributed by atoms with E-state index in [1.807, 2.05) is 0 Å². The molecule has 0 aliphatic rings. The summed E-state index contributed by atoms with van der Waals surface area (Å²) in [6, 6.07) is 6.32. The Labute approximate surface area is 85.6 Å². The molecule has 15 heavy (non-hydrogen) atoms. The zero-order valence-corrected chi connectivity index (χ0v) is 7.97. The summed E-state index contributed by atoms with van der Waals surface area (Å²) in [7, 11) is 0. The Kier molecular flexibility index (Phi) is 2.39. The van der Waals surface area contributed by atoms with Crippen molar-refractivity contribution in [3.05, 3.63) is 40.1 Å². The molecule has 2 aromatic rings. The Morgan fingerprint density at radius 2 is 2.20 bits per heavy atom. The fourth-order valence-corrected chi connectivity index (χ4v) is 1.46. The molecule has 2 rings (SSSR count). The molecule has 5 nitrogen and oxygen atoms in total. The lowest BCUT2D eigenvalue weighted by Crippen LogP contribution is -2.01. The first-order valence-electron chi connectivity index (χ1n) is 4.57. The Morgan fingerprint density at radius 3 is 2.87 bits per heavy atom. The van der Waals surface area contributed by atoms with Crippen LogP contribution in [-0.4, -0.2) is 11.5 Å².